The van der Waals surface area contributed by atoms with E-state index in [4.69, 9.17) is 5.11 Å². The van der Waals surface area contributed by atoms with Gasteiger partial charge in [-0.3, -0.25) is 0 Å². The van der Waals surface area contributed by atoms with E-state index in [1.54, 1.807) is 24.0 Å². The number of hydrogen-bond acceptors (Lipinski definition) is 3. The highest BCUT2D eigenvalue weighted by atomic mass is 19.1. The molecule has 0 aliphatic heterocycles. The lowest BCUT2D eigenvalue weighted by molar-refractivity contribution is 0.199. The van der Waals surface area contributed by atoms with Crippen LogP contribution in [-0.2, 0) is 0 Å². The predicted molar refractivity (Wildman–Crippen MR) is 66.6 cm³/mol. The van der Waals surface area contributed by atoms with Gasteiger partial charge in [0.25, 0.3) is 0 Å². The molecular formula is C13H20FNO2. The van der Waals surface area contributed by atoms with Crippen LogP contribution in [0.2, 0.25) is 0 Å². The standard InChI is InChI=1S/C13H20FNO2/c1-9(2)15(7-8-16)13-11(10(3)17)5-4-6-12(13)14/h4-6,9-10,16-17H,7-8H2,1-3H3. The lowest BCUT2D eigenvalue weighted by atomic mass is 10.1. The molecule has 3 nitrogen and oxygen atoms in total. The van der Waals surface area contributed by atoms with Gasteiger partial charge in [0, 0.05) is 18.2 Å². The van der Waals surface area contributed by atoms with E-state index in [2.05, 4.69) is 0 Å². The molecule has 4 heteroatoms. The first kappa shape index (κ1) is 13.9. The molecule has 0 radical (unpaired) electrons. The summed E-state index contributed by atoms with van der Waals surface area (Å²) in [6.07, 6.45) is -0.736. The van der Waals surface area contributed by atoms with Crippen molar-refractivity contribution in [2.24, 2.45) is 0 Å². The van der Waals surface area contributed by atoms with Gasteiger partial charge in [-0.15, -0.1) is 0 Å². The summed E-state index contributed by atoms with van der Waals surface area (Å²) >= 11 is 0. The summed E-state index contributed by atoms with van der Waals surface area (Å²) in [5, 5.41) is 18.7. The van der Waals surface area contributed by atoms with Crippen molar-refractivity contribution >= 4 is 5.69 Å². The predicted octanol–water partition coefficient (Wildman–Crippen LogP) is 2.09. The van der Waals surface area contributed by atoms with Crippen LogP contribution in [0, 0.1) is 5.82 Å². The van der Waals surface area contributed by atoms with E-state index in [1.165, 1.54) is 6.07 Å². The van der Waals surface area contributed by atoms with Gasteiger partial charge >= 0.3 is 0 Å². The normalized spacial score (nSPS) is 12.9. The van der Waals surface area contributed by atoms with Crippen molar-refractivity contribution in [3.63, 3.8) is 0 Å². The van der Waals surface area contributed by atoms with Crippen LogP contribution < -0.4 is 4.90 Å². The Morgan fingerprint density at radius 2 is 1.94 bits per heavy atom. The van der Waals surface area contributed by atoms with E-state index < -0.39 is 6.10 Å². The van der Waals surface area contributed by atoms with Gasteiger partial charge < -0.3 is 15.1 Å². The van der Waals surface area contributed by atoms with E-state index in [-0.39, 0.29) is 18.5 Å². The van der Waals surface area contributed by atoms with Gasteiger partial charge in [0.2, 0.25) is 0 Å². The van der Waals surface area contributed by atoms with Gasteiger partial charge in [-0.05, 0) is 26.8 Å². The summed E-state index contributed by atoms with van der Waals surface area (Å²) in [6.45, 7) is 5.75. The molecule has 0 heterocycles. The lowest BCUT2D eigenvalue weighted by Crippen LogP contribution is -2.35. The Labute approximate surface area is 101 Å². The fourth-order valence-electron chi connectivity index (χ4n) is 1.91. The summed E-state index contributed by atoms with van der Waals surface area (Å²) in [7, 11) is 0. The van der Waals surface area contributed by atoms with Gasteiger partial charge in [0.15, 0.2) is 0 Å². The van der Waals surface area contributed by atoms with Crippen LogP contribution in [0.1, 0.15) is 32.4 Å². The first-order chi connectivity index (χ1) is 7.99. The van der Waals surface area contributed by atoms with Crippen LogP contribution in [0.25, 0.3) is 0 Å². The highest BCUT2D eigenvalue weighted by Gasteiger charge is 2.20. The minimum atomic E-state index is -0.736. The second-order valence-corrected chi connectivity index (χ2v) is 4.36. The zero-order valence-corrected chi connectivity index (χ0v) is 10.5. The van der Waals surface area contributed by atoms with E-state index in [1.807, 2.05) is 13.8 Å². The Morgan fingerprint density at radius 3 is 2.41 bits per heavy atom. The highest BCUT2D eigenvalue weighted by Crippen LogP contribution is 2.30. The quantitative estimate of drug-likeness (QED) is 0.829. The fraction of sp³-hybridized carbons (Fsp3) is 0.538. The molecule has 2 N–H and O–H groups in total. The molecule has 0 bridgehead atoms. The number of rotatable bonds is 5. The minimum Gasteiger partial charge on any atom is -0.395 e. The molecule has 0 amide bonds. The van der Waals surface area contributed by atoms with Crippen molar-refractivity contribution in [2.75, 3.05) is 18.1 Å². The van der Waals surface area contributed by atoms with Gasteiger partial charge in [-0.1, -0.05) is 12.1 Å². The largest absolute Gasteiger partial charge is 0.395 e. The number of nitrogens with zero attached hydrogens (tertiary/aromatic N) is 1. The summed E-state index contributed by atoms with van der Waals surface area (Å²) < 4.78 is 13.9. The number of anilines is 1. The number of hydrogen-bond donors (Lipinski definition) is 2. The second-order valence-electron chi connectivity index (χ2n) is 4.36. The molecule has 0 aliphatic carbocycles. The van der Waals surface area contributed by atoms with E-state index >= 15 is 0 Å². The van der Waals surface area contributed by atoms with E-state index in [0.717, 1.165) is 0 Å². The summed E-state index contributed by atoms with van der Waals surface area (Å²) in [4.78, 5) is 1.76. The first-order valence-electron chi connectivity index (χ1n) is 5.83. The van der Waals surface area contributed by atoms with Crippen molar-refractivity contribution in [1.29, 1.82) is 0 Å². The van der Waals surface area contributed by atoms with Crippen molar-refractivity contribution in [1.82, 2.24) is 0 Å². The number of aliphatic hydroxyl groups is 2. The molecule has 0 aromatic heterocycles. The highest BCUT2D eigenvalue weighted by molar-refractivity contribution is 5.56. The SMILES string of the molecule is CC(O)c1cccc(F)c1N(CCO)C(C)C. The van der Waals surface area contributed by atoms with Crippen LogP contribution in [0.5, 0.6) is 0 Å². The van der Waals surface area contributed by atoms with Crippen LogP contribution >= 0.6 is 0 Å². The molecule has 1 aromatic carbocycles. The molecule has 0 fully saturated rings. The van der Waals surface area contributed by atoms with Crippen LogP contribution in [0.3, 0.4) is 0 Å². The van der Waals surface area contributed by atoms with Crippen molar-refractivity contribution in [2.45, 2.75) is 32.9 Å². The molecule has 96 valence electrons. The molecule has 1 rings (SSSR count). The molecular weight excluding hydrogens is 221 g/mol. The molecule has 1 unspecified atom stereocenters. The van der Waals surface area contributed by atoms with Crippen molar-refractivity contribution < 1.29 is 14.6 Å². The smallest absolute Gasteiger partial charge is 0.146 e. The third-order valence-electron chi connectivity index (χ3n) is 2.72. The Kier molecular flexibility index (Phi) is 4.90. The van der Waals surface area contributed by atoms with Gasteiger partial charge in [0.05, 0.1) is 18.4 Å². The Bertz CT molecular complexity index is 366. The number of para-hydroxylation sites is 1. The monoisotopic (exact) mass is 241 g/mol. The minimum absolute atomic E-state index is 0.0498. The Balaban J connectivity index is 3.25. The lowest BCUT2D eigenvalue weighted by Gasteiger charge is -2.31. The van der Waals surface area contributed by atoms with E-state index in [0.29, 0.717) is 17.8 Å². The Hall–Kier alpha value is -1.13. The van der Waals surface area contributed by atoms with Crippen molar-refractivity contribution in [3.05, 3.63) is 29.6 Å². The molecule has 1 atom stereocenters. The third-order valence-corrected chi connectivity index (χ3v) is 2.72. The fourth-order valence-corrected chi connectivity index (χ4v) is 1.91. The van der Waals surface area contributed by atoms with Gasteiger partial charge in [0.1, 0.15) is 5.82 Å². The third kappa shape index (κ3) is 3.17. The maximum atomic E-state index is 13.9. The van der Waals surface area contributed by atoms with E-state index in [9.17, 15) is 9.50 Å². The van der Waals surface area contributed by atoms with Gasteiger partial charge in [-0.2, -0.15) is 0 Å². The first-order valence-corrected chi connectivity index (χ1v) is 5.83. The van der Waals surface area contributed by atoms with Crippen LogP contribution in [0.15, 0.2) is 18.2 Å². The maximum absolute atomic E-state index is 13.9. The topological polar surface area (TPSA) is 43.7 Å². The molecule has 0 aliphatic rings. The van der Waals surface area contributed by atoms with Crippen LogP contribution in [0.4, 0.5) is 10.1 Å². The average Bonchev–Trinajstić information content (AvgIpc) is 2.25. The molecule has 0 saturated heterocycles. The number of aliphatic hydroxyl groups excluding tert-OH is 2. The molecule has 1 aromatic rings. The second kappa shape index (κ2) is 5.98. The van der Waals surface area contributed by atoms with Crippen molar-refractivity contribution in [3.8, 4) is 0 Å². The molecule has 17 heavy (non-hydrogen) atoms. The molecule has 0 spiro atoms. The van der Waals surface area contributed by atoms with Crippen LogP contribution in [-0.4, -0.2) is 29.4 Å². The average molecular weight is 241 g/mol. The Morgan fingerprint density at radius 1 is 1.29 bits per heavy atom. The zero-order chi connectivity index (χ0) is 13.0. The number of halogens is 1. The summed E-state index contributed by atoms with van der Waals surface area (Å²) in [5.74, 6) is -0.370. The molecule has 0 saturated carbocycles. The summed E-state index contributed by atoms with van der Waals surface area (Å²) in [5.41, 5.74) is 0.929. The maximum Gasteiger partial charge on any atom is 0.146 e. The zero-order valence-electron chi connectivity index (χ0n) is 10.5. The number of benzene rings is 1. The summed E-state index contributed by atoms with van der Waals surface area (Å²) in [6, 6.07) is 4.71. The van der Waals surface area contributed by atoms with Gasteiger partial charge in [-0.25, -0.2) is 4.39 Å².